The number of nitrogens with zero attached hydrogens (tertiary/aromatic N) is 1. The monoisotopic (exact) mass is 296 g/mol. The van der Waals surface area contributed by atoms with Crippen molar-refractivity contribution in [3.05, 3.63) is 35.4 Å². The van der Waals surface area contributed by atoms with Crippen LogP contribution in [0.5, 0.6) is 0 Å². The van der Waals surface area contributed by atoms with E-state index in [1.54, 1.807) is 0 Å². The molecule has 3 nitrogen and oxygen atoms in total. The Morgan fingerprint density at radius 2 is 1.67 bits per heavy atom. The minimum atomic E-state index is -0.732. The Hall–Kier alpha value is -1.49. The van der Waals surface area contributed by atoms with Gasteiger partial charge in [-0.05, 0) is 51.0 Å². The maximum Gasteiger partial charge on any atom is 0.251 e. The smallest absolute Gasteiger partial charge is 0.251 e. The van der Waals surface area contributed by atoms with E-state index in [4.69, 9.17) is 0 Å². The van der Waals surface area contributed by atoms with Crippen LogP contribution in [0.25, 0.3) is 0 Å². The summed E-state index contributed by atoms with van der Waals surface area (Å²) in [6, 6.07) is 2.86. The Labute approximate surface area is 124 Å². The van der Waals surface area contributed by atoms with Crippen LogP contribution in [0, 0.1) is 11.6 Å². The van der Waals surface area contributed by atoms with Gasteiger partial charge in [-0.2, -0.15) is 0 Å². The lowest BCUT2D eigenvalue weighted by Crippen LogP contribution is -2.30. The number of halogens is 2. The van der Waals surface area contributed by atoms with Crippen LogP contribution < -0.4 is 5.32 Å². The molecular formula is C16H22F2N2O. The molecule has 1 aromatic rings. The zero-order valence-electron chi connectivity index (χ0n) is 12.2. The number of nitrogens with one attached hydrogen (secondary N) is 1. The number of hydrogen-bond donors (Lipinski definition) is 1. The van der Waals surface area contributed by atoms with E-state index < -0.39 is 17.5 Å². The Morgan fingerprint density at radius 1 is 1.05 bits per heavy atom. The van der Waals surface area contributed by atoms with Gasteiger partial charge < -0.3 is 10.2 Å². The maximum absolute atomic E-state index is 13.0. The van der Waals surface area contributed by atoms with Crippen molar-refractivity contribution in [2.75, 3.05) is 26.2 Å². The predicted molar refractivity (Wildman–Crippen MR) is 78.2 cm³/mol. The van der Waals surface area contributed by atoms with Crippen LogP contribution in [0.4, 0.5) is 8.78 Å². The molecule has 21 heavy (non-hydrogen) atoms. The standard InChI is InChI=1S/C16H22F2N2O/c17-14-10-13(11-15(18)12-14)16(21)19-6-5-9-20-7-3-1-2-4-8-20/h10-12H,1-9H2,(H,19,21). The Balaban J connectivity index is 1.71. The first kappa shape index (κ1) is 15.9. The number of carbonyl (C=O) groups excluding carboxylic acids is 1. The largest absolute Gasteiger partial charge is 0.352 e. The number of hydrogen-bond acceptors (Lipinski definition) is 2. The number of amides is 1. The van der Waals surface area contributed by atoms with Crippen LogP contribution in [0.2, 0.25) is 0 Å². The number of likely N-dealkylation sites (tertiary alicyclic amines) is 1. The first-order valence-corrected chi connectivity index (χ1v) is 7.62. The Morgan fingerprint density at radius 3 is 2.29 bits per heavy atom. The van der Waals surface area contributed by atoms with Crippen LogP contribution in [0.1, 0.15) is 42.5 Å². The molecule has 1 heterocycles. The van der Waals surface area contributed by atoms with Crippen LogP contribution in [0.3, 0.4) is 0 Å². The van der Waals surface area contributed by atoms with Crippen molar-refractivity contribution in [1.82, 2.24) is 10.2 Å². The molecule has 5 heteroatoms. The van der Waals surface area contributed by atoms with Crippen molar-refractivity contribution < 1.29 is 13.6 Å². The van der Waals surface area contributed by atoms with Crippen LogP contribution in [-0.2, 0) is 0 Å². The summed E-state index contributed by atoms with van der Waals surface area (Å²) in [6.45, 7) is 3.73. The van der Waals surface area contributed by atoms with Gasteiger partial charge in [-0.15, -0.1) is 0 Å². The number of carbonyl (C=O) groups is 1. The van der Waals surface area contributed by atoms with E-state index in [0.717, 1.165) is 44.3 Å². The maximum atomic E-state index is 13.0. The second-order valence-electron chi connectivity index (χ2n) is 5.52. The van der Waals surface area contributed by atoms with E-state index in [1.165, 1.54) is 25.7 Å². The summed E-state index contributed by atoms with van der Waals surface area (Å²) in [5.74, 6) is -1.89. The first-order valence-electron chi connectivity index (χ1n) is 7.62. The fourth-order valence-corrected chi connectivity index (χ4v) is 2.65. The second kappa shape index (κ2) is 8.08. The molecule has 0 spiro atoms. The van der Waals surface area contributed by atoms with Gasteiger partial charge in [0.05, 0.1) is 0 Å². The van der Waals surface area contributed by atoms with Gasteiger partial charge in [0.15, 0.2) is 0 Å². The predicted octanol–water partition coefficient (Wildman–Crippen LogP) is 2.96. The van der Waals surface area contributed by atoms with E-state index in [1.807, 2.05) is 0 Å². The zero-order chi connectivity index (χ0) is 15.1. The van der Waals surface area contributed by atoms with Gasteiger partial charge in [0.1, 0.15) is 11.6 Å². The van der Waals surface area contributed by atoms with Gasteiger partial charge in [-0.3, -0.25) is 4.79 Å². The minimum absolute atomic E-state index is 0.0299. The molecule has 0 bridgehead atoms. The highest BCUT2D eigenvalue weighted by molar-refractivity contribution is 5.94. The topological polar surface area (TPSA) is 32.3 Å². The van der Waals surface area contributed by atoms with Crippen molar-refractivity contribution in [1.29, 1.82) is 0 Å². The summed E-state index contributed by atoms with van der Waals surface area (Å²) in [4.78, 5) is 14.2. The molecule has 1 saturated heterocycles. The molecule has 0 unspecified atom stereocenters. The lowest BCUT2D eigenvalue weighted by Gasteiger charge is -2.19. The van der Waals surface area contributed by atoms with Gasteiger partial charge in [0.25, 0.3) is 5.91 Å². The van der Waals surface area contributed by atoms with Crippen LogP contribution >= 0.6 is 0 Å². The molecule has 1 aliphatic rings. The second-order valence-corrected chi connectivity index (χ2v) is 5.52. The van der Waals surface area contributed by atoms with Crippen molar-refractivity contribution in [3.8, 4) is 0 Å². The highest BCUT2D eigenvalue weighted by Crippen LogP contribution is 2.10. The van der Waals surface area contributed by atoms with Crippen molar-refractivity contribution in [2.24, 2.45) is 0 Å². The van der Waals surface area contributed by atoms with E-state index >= 15 is 0 Å². The van der Waals surface area contributed by atoms with Gasteiger partial charge in [0.2, 0.25) is 0 Å². The molecule has 0 radical (unpaired) electrons. The molecule has 0 saturated carbocycles. The summed E-state index contributed by atoms with van der Waals surface area (Å²) < 4.78 is 26.1. The van der Waals surface area contributed by atoms with Gasteiger partial charge >= 0.3 is 0 Å². The average molecular weight is 296 g/mol. The van der Waals surface area contributed by atoms with Crippen molar-refractivity contribution in [3.63, 3.8) is 0 Å². The van der Waals surface area contributed by atoms with Crippen molar-refractivity contribution in [2.45, 2.75) is 32.1 Å². The molecule has 1 aromatic carbocycles. The van der Waals surface area contributed by atoms with E-state index in [0.29, 0.717) is 6.54 Å². The minimum Gasteiger partial charge on any atom is -0.352 e. The molecule has 1 amide bonds. The Bertz CT molecular complexity index is 451. The Kier molecular flexibility index (Phi) is 6.11. The third-order valence-corrected chi connectivity index (χ3v) is 3.76. The number of benzene rings is 1. The first-order chi connectivity index (χ1) is 10.1. The molecular weight excluding hydrogens is 274 g/mol. The summed E-state index contributed by atoms with van der Waals surface area (Å²) >= 11 is 0. The fourth-order valence-electron chi connectivity index (χ4n) is 2.65. The van der Waals surface area contributed by atoms with Gasteiger partial charge in [0, 0.05) is 18.2 Å². The molecule has 2 rings (SSSR count). The quantitative estimate of drug-likeness (QED) is 0.847. The summed E-state index contributed by atoms with van der Waals surface area (Å²) in [6.07, 6.45) is 5.95. The molecule has 1 fully saturated rings. The number of rotatable bonds is 5. The molecule has 0 aliphatic carbocycles. The lowest BCUT2D eigenvalue weighted by atomic mass is 10.2. The highest BCUT2D eigenvalue weighted by atomic mass is 19.1. The molecule has 116 valence electrons. The summed E-state index contributed by atoms with van der Waals surface area (Å²) in [5.41, 5.74) is 0.0299. The van der Waals surface area contributed by atoms with Gasteiger partial charge in [-0.1, -0.05) is 12.8 Å². The third kappa shape index (κ3) is 5.42. The SMILES string of the molecule is O=C(NCCCN1CCCCCC1)c1cc(F)cc(F)c1. The van der Waals surface area contributed by atoms with E-state index in [-0.39, 0.29) is 5.56 Å². The molecule has 0 aromatic heterocycles. The van der Waals surface area contributed by atoms with Crippen LogP contribution in [-0.4, -0.2) is 37.0 Å². The van der Waals surface area contributed by atoms with E-state index in [9.17, 15) is 13.6 Å². The van der Waals surface area contributed by atoms with Crippen molar-refractivity contribution >= 4 is 5.91 Å². The third-order valence-electron chi connectivity index (χ3n) is 3.76. The molecule has 1 N–H and O–H groups in total. The fraction of sp³-hybridized carbons (Fsp3) is 0.562. The highest BCUT2D eigenvalue weighted by Gasteiger charge is 2.10. The molecule has 1 aliphatic heterocycles. The summed E-state index contributed by atoms with van der Waals surface area (Å²) in [5, 5.41) is 2.71. The van der Waals surface area contributed by atoms with E-state index in [2.05, 4.69) is 10.2 Å². The molecule has 0 atom stereocenters. The average Bonchev–Trinajstić information content (AvgIpc) is 2.71. The van der Waals surface area contributed by atoms with Crippen LogP contribution in [0.15, 0.2) is 18.2 Å². The normalized spacial score (nSPS) is 16.5. The zero-order valence-corrected chi connectivity index (χ0v) is 12.2. The summed E-state index contributed by atoms with van der Waals surface area (Å²) in [7, 11) is 0. The lowest BCUT2D eigenvalue weighted by molar-refractivity contribution is 0.0950. The van der Waals surface area contributed by atoms with Gasteiger partial charge in [-0.25, -0.2) is 8.78 Å².